The first kappa shape index (κ1) is 29.6. The standard InChI is InChI=1S/C31H30F4N6O3S/c1-4-21(42)41-15(2)11-39(12-16(41)3)27-18-10-19(31(33,34)35)22(17-6-7-20(32)24-23(17)36-28(43)37-24)26-25(18)40(29(44)38-27)13-30(14-45-26)8-5-9-30/h4,6-7,10,15-16H,1,5,8-9,11-14H2,2-3H3,(H2,36,37,43)/t15-,16+. The molecule has 2 aromatic heterocycles. The summed E-state index contributed by atoms with van der Waals surface area (Å²) in [5, 5.41) is 0.174. The molecule has 236 valence electrons. The van der Waals surface area contributed by atoms with Crippen LogP contribution in [0, 0.1) is 11.2 Å². The maximum absolute atomic E-state index is 15.1. The van der Waals surface area contributed by atoms with Gasteiger partial charge in [0.1, 0.15) is 17.2 Å². The minimum Gasteiger partial charge on any atom is -0.352 e. The Balaban J connectivity index is 1.55. The summed E-state index contributed by atoms with van der Waals surface area (Å²) in [6.45, 7) is 8.05. The monoisotopic (exact) mass is 642 g/mol. The van der Waals surface area contributed by atoms with Crippen LogP contribution >= 0.6 is 11.8 Å². The number of amides is 1. The number of benzene rings is 2. The zero-order valence-corrected chi connectivity index (χ0v) is 25.4. The molecule has 1 aliphatic carbocycles. The number of halogens is 4. The fourth-order valence-corrected chi connectivity index (χ4v) is 8.88. The van der Waals surface area contributed by atoms with Crippen LogP contribution in [-0.4, -0.2) is 61.3 Å². The fraction of sp³-hybridized carbons (Fsp3) is 0.419. The number of aromatic nitrogens is 4. The molecule has 2 aromatic carbocycles. The van der Waals surface area contributed by atoms with Crippen molar-refractivity contribution in [3.63, 3.8) is 0 Å². The molecule has 9 nitrogen and oxygen atoms in total. The Hall–Kier alpha value is -4.07. The lowest BCUT2D eigenvalue weighted by atomic mass is 9.70. The molecule has 4 heterocycles. The molecule has 0 bridgehead atoms. The molecule has 1 saturated heterocycles. The largest absolute Gasteiger partial charge is 0.417 e. The Bertz CT molecular complexity index is 2020. The van der Waals surface area contributed by atoms with E-state index in [4.69, 9.17) is 0 Å². The molecule has 1 amide bonds. The zero-order valence-electron chi connectivity index (χ0n) is 24.6. The number of nitrogens with zero attached hydrogens (tertiary/aromatic N) is 4. The Morgan fingerprint density at radius 2 is 1.82 bits per heavy atom. The van der Waals surface area contributed by atoms with Crippen molar-refractivity contribution < 1.29 is 22.4 Å². The molecule has 1 spiro atoms. The summed E-state index contributed by atoms with van der Waals surface area (Å²) in [7, 11) is 0. The van der Waals surface area contributed by atoms with Crippen LogP contribution < -0.4 is 16.3 Å². The number of hydrogen-bond acceptors (Lipinski definition) is 6. The molecule has 2 aliphatic heterocycles. The maximum atomic E-state index is 15.1. The highest BCUT2D eigenvalue weighted by molar-refractivity contribution is 7.99. The minimum absolute atomic E-state index is 0.00203. The zero-order chi connectivity index (χ0) is 32.0. The van der Waals surface area contributed by atoms with E-state index in [1.807, 2.05) is 13.8 Å². The maximum Gasteiger partial charge on any atom is 0.417 e. The molecule has 45 heavy (non-hydrogen) atoms. The highest BCUT2D eigenvalue weighted by Crippen LogP contribution is 2.54. The summed E-state index contributed by atoms with van der Waals surface area (Å²) >= 11 is 1.26. The summed E-state index contributed by atoms with van der Waals surface area (Å²) in [6, 6.07) is 2.64. The van der Waals surface area contributed by atoms with Gasteiger partial charge in [0.2, 0.25) is 5.91 Å². The Labute approximate surface area is 258 Å². The first-order valence-electron chi connectivity index (χ1n) is 14.7. The van der Waals surface area contributed by atoms with E-state index < -0.39 is 28.9 Å². The van der Waals surface area contributed by atoms with Gasteiger partial charge in [0, 0.05) is 58.9 Å². The normalized spacial score (nSPS) is 21.3. The molecule has 4 aromatic rings. The minimum atomic E-state index is -4.85. The van der Waals surface area contributed by atoms with Crippen molar-refractivity contribution in [1.29, 1.82) is 0 Å². The number of thioether (sulfide) groups is 1. The van der Waals surface area contributed by atoms with Gasteiger partial charge in [0.15, 0.2) is 0 Å². The van der Waals surface area contributed by atoms with Gasteiger partial charge < -0.3 is 19.8 Å². The van der Waals surface area contributed by atoms with E-state index in [1.165, 1.54) is 28.5 Å². The van der Waals surface area contributed by atoms with Crippen molar-refractivity contribution in [1.82, 2.24) is 24.4 Å². The number of imidazole rings is 1. The highest BCUT2D eigenvalue weighted by atomic mass is 32.2. The molecule has 3 aliphatic rings. The van der Waals surface area contributed by atoms with Gasteiger partial charge in [0.25, 0.3) is 0 Å². The number of alkyl halides is 3. The molecule has 1 saturated carbocycles. The van der Waals surface area contributed by atoms with Gasteiger partial charge in [-0.1, -0.05) is 13.0 Å². The summed E-state index contributed by atoms with van der Waals surface area (Å²) in [6.07, 6.45) is -1.02. The molecule has 2 atom stereocenters. The predicted octanol–water partition coefficient (Wildman–Crippen LogP) is 5.28. The number of rotatable bonds is 3. The predicted molar refractivity (Wildman–Crippen MR) is 164 cm³/mol. The van der Waals surface area contributed by atoms with Crippen molar-refractivity contribution in [3.05, 3.63) is 63.2 Å². The number of carbonyl (C=O) groups is 1. The van der Waals surface area contributed by atoms with Crippen molar-refractivity contribution in [3.8, 4) is 11.1 Å². The Morgan fingerprint density at radius 1 is 1.13 bits per heavy atom. The first-order valence-corrected chi connectivity index (χ1v) is 15.7. The molecular weight excluding hydrogens is 612 g/mol. The lowest BCUT2D eigenvalue weighted by Crippen LogP contribution is -2.58. The molecule has 14 heteroatoms. The van der Waals surface area contributed by atoms with Crippen LogP contribution in [-0.2, 0) is 17.5 Å². The van der Waals surface area contributed by atoms with E-state index in [0.29, 0.717) is 17.8 Å². The van der Waals surface area contributed by atoms with Gasteiger partial charge in [-0.15, -0.1) is 11.8 Å². The van der Waals surface area contributed by atoms with Gasteiger partial charge >= 0.3 is 17.6 Å². The number of nitrogens with one attached hydrogen (secondary N) is 2. The van der Waals surface area contributed by atoms with E-state index in [9.17, 15) is 18.8 Å². The van der Waals surface area contributed by atoms with Gasteiger partial charge in [0.05, 0.1) is 16.6 Å². The second-order valence-electron chi connectivity index (χ2n) is 12.4. The van der Waals surface area contributed by atoms with Crippen molar-refractivity contribution in [2.75, 3.05) is 23.7 Å². The molecule has 2 N–H and O–H groups in total. The smallest absolute Gasteiger partial charge is 0.352 e. The molecule has 2 fully saturated rings. The second kappa shape index (κ2) is 10.2. The van der Waals surface area contributed by atoms with E-state index >= 15 is 13.2 Å². The molecule has 0 radical (unpaired) electrons. The van der Waals surface area contributed by atoms with Crippen LogP contribution in [0.15, 0.2) is 45.3 Å². The van der Waals surface area contributed by atoms with Gasteiger partial charge in [-0.3, -0.25) is 9.36 Å². The van der Waals surface area contributed by atoms with Gasteiger partial charge in [-0.2, -0.15) is 18.2 Å². The Morgan fingerprint density at radius 3 is 2.44 bits per heavy atom. The number of carbonyl (C=O) groups excluding carboxylic acids is 1. The van der Waals surface area contributed by atoms with E-state index in [2.05, 4.69) is 21.5 Å². The van der Waals surface area contributed by atoms with Gasteiger partial charge in [-0.25, -0.2) is 14.0 Å². The summed E-state index contributed by atoms with van der Waals surface area (Å²) < 4.78 is 61.7. The summed E-state index contributed by atoms with van der Waals surface area (Å²) in [4.78, 5) is 51.6. The molecule has 7 rings (SSSR count). The third-order valence-electron chi connectivity index (χ3n) is 9.48. The lowest BCUT2D eigenvalue weighted by Gasteiger charge is -2.45. The topological polar surface area (TPSA) is 107 Å². The number of aromatic amines is 2. The van der Waals surface area contributed by atoms with Crippen LogP contribution in [0.4, 0.5) is 23.4 Å². The van der Waals surface area contributed by atoms with E-state index in [1.54, 1.807) is 9.80 Å². The number of fused-ring (bicyclic) bond motifs is 1. The van der Waals surface area contributed by atoms with Gasteiger partial charge in [-0.05, 0) is 56.4 Å². The van der Waals surface area contributed by atoms with Crippen LogP contribution in [0.25, 0.3) is 33.1 Å². The molecular formula is C31H30F4N6O3S. The van der Waals surface area contributed by atoms with Crippen LogP contribution in [0.5, 0.6) is 0 Å². The molecule has 0 unspecified atom stereocenters. The average molecular weight is 643 g/mol. The lowest BCUT2D eigenvalue weighted by molar-refractivity contribution is -0.137. The van der Waals surface area contributed by atoms with Crippen LogP contribution in [0.1, 0.15) is 38.7 Å². The highest BCUT2D eigenvalue weighted by Gasteiger charge is 2.44. The van der Waals surface area contributed by atoms with Crippen molar-refractivity contribution in [2.24, 2.45) is 5.41 Å². The SMILES string of the molecule is C=CC(=O)N1[C@H](C)CN(c2nc(=O)n3c4c(c(-c5ccc(F)c6[nH]c(=O)[nH]c56)c(C(F)(F)F)cc24)SCC2(CCC2)C3)C[C@@H]1C. The summed E-state index contributed by atoms with van der Waals surface area (Å²) in [5.74, 6) is -0.430. The number of hydrogen-bond donors (Lipinski definition) is 2. The quantitative estimate of drug-likeness (QED) is 0.233. The number of piperazine rings is 1. The fourth-order valence-electron chi connectivity index (χ4n) is 7.33. The first-order chi connectivity index (χ1) is 21.3. The van der Waals surface area contributed by atoms with Crippen molar-refractivity contribution >= 4 is 45.4 Å². The van der Waals surface area contributed by atoms with E-state index in [0.717, 1.165) is 31.4 Å². The number of H-pyrrole nitrogens is 2. The van der Waals surface area contributed by atoms with Crippen molar-refractivity contribution in [2.45, 2.75) is 62.8 Å². The second-order valence-corrected chi connectivity index (χ2v) is 13.4. The van der Waals surface area contributed by atoms with E-state index in [-0.39, 0.29) is 74.8 Å². The number of anilines is 1. The third kappa shape index (κ3) is 4.59. The van der Waals surface area contributed by atoms with Crippen LogP contribution in [0.2, 0.25) is 0 Å². The third-order valence-corrected chi connectivity index (χ3v) is 10.9. The average Bonchev–Trinajstić information content (AvgIpc) is 3.25. The van der Waals surface area contributed by atoms with Crippen LogP contribution in [0.3, 0.4) is 0 Å². The summed E-state index contributed by atoms with van der Waals surface area (Å²) in [5.41, 5.74) is -2.77. The Kier molecular flexibility index (Phi) is 6.73.